The van der Waals surface area contributed by atoms with E-state index in [0.717, 1.165) is 11.8 Å². The van der Waals surface area contributed by atoms with Crippen molar-refractivity contribution in [1.82, 2.24) is 5.32 Å². The van der Waals surface area contributed by atoms with Gasteiger partial charge in [0.25, 0.3) is 0 Å². The summed E-state index contributed by atoms with van der Waals surface area (Å²) in [6.07, 6.45) is 11.6. The minimum Gasteiger partial charge on any atom is -0.312 e. The fraction of sp³-hybridized carbons (Fsp3) is 1.00. The fourth-order valence-corrected chi connectivity index (χ4v) is 3.03. The lowest BCUT2D eigenvalue weighted by Crippen LogP contribution is -2.41. The number of hydrogen-bond donors (Lipinski definition) is 1. The van der Waals surface area contributed by atoms with Crippen molar-refractivity contribution in [3.63, 3.8) is 0 Å². The van der Waals surface area contributed by atoms with Crippen molar-refractivity contribution < 1.29 is 0 Å². The molecule has 1 aliphatic rings. The van der Waals surface area contributed by atoms with Crippen LogP contribution >= 0.6 is 0 Å². The van der Waals surface area contributed by atoms with E-state index in [9.17, 15) is 0 Å². The average Bonchev–Trinajstić information content (AvgIpc) is 2.27. The standard InChI is InChI=1S/C16H33N/c1-5-6-7-10-14-11-8-9-12-15(14)13-17-16(2,3)4/h14-15,17H,5-13H2,1-4H3. The van der Waals surface area contributed by atoms with Gasteiger partial charge in [-0.2, -0.15) is 0 Å². The molecule has 1 heteroatoms. The van der Waals surface area contributed by atoms with Gasteiger partial charge < -0.3 is 5.32 Å². The molecule has 2 atom stereocenters. The van der Waals surface area contributed by atoms with Gasteiger partial charge >= 0.3 is 0 Å². The maximum atomic E-state index is 3.71. The first-order valence-corrected chi connectivity index (χ1v) is 7.78. The van der Waals surface area contributed by atoms with Crippen molar-refractivity contribution >= 4 is 0 Å². The van der Waals surface area contributed by atoms with E-state index >= 15 is 0 Å². The predicted molar refractivity (Wildman–Crippen MR) is 77.3 cm³/mol. The maximum Gasteiger partial charge on any atom is 0.00966 e. The molecule has 0 aromatic heterocycles. The summed E-state index contributed by atoms with van der Waals surface area (Å²) in [5, 5.41) is 3.71. The van der Waals surface area contributed by atoms with Gasteiger partial charge in [0.15, 0.2) is 0 Å². The molecule has 2 unspecified atom stereocenters. The second-order valence-corrected chi connectivity index (χ2v) is 6.93. The van der Waals surface area contributed by atoms with Gasteiger partial charge in [-0.3, -0.25) is 0 Å². The van der Waals surface area contributed by atoms with Crippen LogP contribution in [-0.4, -0.2) is 12.1 Å². The van der Waals surface area contributed by atoms with Crippen LogP contribution in [0.2, 0.25) is 0 Å². The lowest BCUT2D eigenvalue weighted by atomic mass is 9.76. The van der Waals surface area contributed by atoms with Crippen LogP contribution in [0, 0.1) is 11.8 Å². The van der Waals surface area contributed by atoms with Crippen molar-refractivity contribution in [2.45, 2.75) is 84.6 Å². The van der Waals surface area contributed by atoms with Crippen LogP contribution in [0.3, 0.4) is 0 Å². The molecule has 0 heterocycles. The van der Waals surface area contributed by atoms with E-state index in [1.807, 2.05) is 0 Å². The molecule has 0 spiro atoms. The van der Waals surface area contributed by atoms with Gasteiger partial charge in [-0.25, -0.2) is 0 Å². The number of unbranched alkanes of at least 4 members (excludes halogenated alkanes) is 2. The Hall–Kier alpha value is -0.0400. The molecule has 1 saturated carbocycles. The van der Waals surface area contributed by atoms with E-state index in [0.29, 0.717) is 0 Å². The summed E-state index contributed by atoms with van der Waals surface area (Å²) in [5.74, 6) is 1.95. The lowest BCUT2D eigenvalue weighted by molar-refractivity contribution is 0.200. The number of nitrogens with one attached hydrogen (secondary N) is 1. The van der Waals surface area contributed by atoms with Crippen LogP contribution in [-0.2, 0) is 0 Å². The van der Waals surface area contributed by atoms with E-state index in [-0.39, 0.29) is 5.54 Å². The second-order valence-electron chi connectivity index (χ2n) is 6.93. The largest absolute Gasteiger partial charge is 0.312 e. The van der Waals surface area contributed by atoms with Gasteiger partial charge in [0.2, 0.25) is 0 Å². The van der Waals surface area contributed by atoms with E-state index in [4.69, 9.17) is 0 Å². The van der Waals surface area contributed by atoms with Gasteiger partial charge in [0.1, 0.15) is 0 Å². The van der Waals surface area contributed by atoms with Crippen molar-refractivity contribution in [2.75, 3.05) is 6.54 Å². The highest BCUT2D eigenvalue weighted by Crippen LogP contribution is 2.33. The van der Waals surface area contributed by atoms with Crippen molar-refractivity contribution in [3.8, 4) is 0 Å². The first-order chi connectivity index (χ1) is 8.03. The summed E-state index contributed by atoms with van der Waals surface area (Å²) < 4.78 is 0. The van der Waals surface area contributed by atoms with Crippen LogP contribution in [0.25, 0.3) is 0 Å². The van der Waals surface area contributed by atoms with Crippen LogP contribution in [0.4, 0.5) is 0 Å². The first kappa shape index (κ1) is 15.0. The van der Waals surface area contributed by atoms with E-state index in [2.05, 4.69) is 33.0 Å². The Morgan fingerprint density at radius 1 is 1.00 bits per heavy atom. The monoisotopic (exact) mass is 239 g/mol. The van der Waals surface area contributed by atoms with Crippen LogP contribution in [0.15, 0.2) is 0 Å². The summed E-state index contributed by atoms with van der Waals surface area (Å²) >= 11 is 0. The third kappa shape index (κ3) is 6.45. The zero-order valence-electron chi connectivity index (χ0n) is 12.5. The third-order valence-electron chi connectivity index (χ3n) is 4.14. The number of hydrogen-bond acceptors (Lipinski definition) is 1. The predicted octanol–water partition coefficient (Wildman–Crippen LogP) is 4.76. The smallest absolute Gasteiger partial charge is 0.00966 e. The molecule has 1 aliphatic carbocycles. The van der Waals surface area contributed by atoms with Crippen LogP contribution < -0.4 is 5.32 Å². The molecule has 1 fully saturated rings. The highest BCUT2D eigenvalue weighted by molar-refractivity contribution is 4.80. The normalized spacial score (nSPS) is 26.1. The zero-order chi connectivity index (χ0) is 12.7. The Kier molecular flexibility index (Phi) is 6.54. The molecule has 0 radical (unpaired) electrons. The molecule has 0 aromatic rings. The van der Waals surface area contributed by atoms with Crippen LogP contribution in [0.1, 0.15) is 79.1 Å². The molecule has 1 rings (SSSR count). The first-order valence-electron chi connectivity index (χ1n) is 7.78. The SMILES string of the molecule is CCCCCC1CCCCC1CNC(C)(C)C. The Balaban J connectivity index is 2.31. The van der Waals surface area contributed by atoms with Gasteiger partial charge in [-0.05, 0) is 45.6 Å². The van der Waals surface area contributed by atoms with Gasteiger partial charge in [-0.1, -0.05) is 51.9 Å². The molecule has 0 bridgehead atoms. The minimum atomic E-state index is 0.283. The highest BCUT2D eigenvalue weighted by Gasteiger charge is 2.25. The highest BCUT2D eigenvalue weighted by atomic mass is 14.9. The molecule has 0 aliphatic heterocycles. The van der Waals surface area contributed by atoms with Crippen molar-refractivity contribution in [2.24, 2.45) is 11.8 Å². The molecule has 0 saturated heterocycles. The second kappa shape index (κ2) is 7.41. The Morgan fingerprint density at radius 3 is 2.24 bits per heavy atom. The van der Waals surface area contributed by atoms with Crippen molar-refractivity contribution in [1.29, 1.82) is 0 Å². The molecular formula is C16H33N. The molecule has 17 heavy (non-hydrogen) atoms. The summed E-state index contributed by atoms with van der Waals surface area (Å²) in [6, 6.07) is 0. The Bertz CT molecular complexity index is 192. The van der Waals surface area contributed by atoms with Crippen LogP contribution in [0.5, 0.6) is 0 Å². The summed E-state index contributed by atoms with van der Waals surface area (Å²) in [7, 11) is 0. The third-order valence-corrected chi connectivity index (χ3v) is 4.14. The molecule has 0 aromatic carbocycles. The average molecular weight is 239 g/mol. The van der Waals surface area contributed by atoms with Gasteiger partial charge in [0, 0.05) is 5.54 Å². The Morgan fingerprint density at radius 2 is 1.65 bits per heavy atom. The summed E-state index contributed by atoms with van der Waals surface area (Å²) in [6.45, 7) is 10.4. The van der Waals surface area contributed by atoms with Gasteiger partial charge in [0.05, 0.1) is 0 Å². The maximum absolute atomic E-state index is 3.71. The van der Waals surface area contributed by atoms with Crippen molar-refractivity contribution in [3.05, 3.63) is 0 Å². The minimum absolute atomic E-state index is 0.283. The molecular weight excluding hydrogens is 206 g/mol. The molecule has 0 amide bonds. The molecule has 1 N–H and O–H groups in total. The quantitative estimate of drug-likeness (QED) is 0.659. The Labute approximate surface area is 109 Å². The summed E-state index contributed by atoms with van der Waals surface area (Å²) in [5.41, 5.74) is 0.283. The van der Waals surface area contributed by atoms with Gasteiger partial charge in [-0.15, -0.1) is 0 Å². The fourth-order valence-electron chi connectivity index (χ4n) is 3.03. The number of rotatable bonds is 6. The lowest BCUT2D eigenvalue weighted by Gasteiger charge is -2.34. The van der Waals surface area contributed by atoms with E-state index in [1.54, 1.807) is 0 Å². The summed E-state index contributed by atoms with van der Waals surface area (Å²) in [4.78, 5) is 0. The zero-order valence-corrected chi connectivity index (χ0v) is 12.5. The topological polar surface area (TPSA) is 12.0 Å². The molecule has 1 nitrogen and oxygen atoms in total. The van der Waals surface area contributed by atoms with E-state index < -0.39 is 0 Å². The van der Waals surface area contributed by atoms with E-state index in [1.165, 1.54) is 57.9 Å². The molecule has 102 valence electrons.